The summed E-state index contributed by atoms with van der Waals surface area (Å²) >= 11 is 5.98. The van der Waals surface area contributed by atoms with Crippen LogP contribution >= 0.6 is 11.6 Å². The third-order valence-electron chi connectivity index (χ3n) is 4.22. The van der Waals surface area contributed by atoms with Crippen LogP contribution < -0.4 is 0 Å². The van der Waals surface area contributed by atoms with Crippen LogP contribution in [0.5, 0.6) is 0 Å². The molecule has 1 fully saturated rings. The fraction of sp³-hybridized carbons (Fsp3) is 0.316. The lowest BCUT2D eigenvalue weighted by Gasteiger charge is -2.27. The lowest BCUT2D eigenvalue weighted by Crippen LogP contribution is -2.37. The molecule has 0 N–H and O–H groups in total. The molecule has 23 heavy (non-hydrogen) atoms. The summed E-state index contributed by atoms with van der Waals surface area (Å²) in [5.74, 6) is 0.842. The lowest BCUT2D eigenvalue weighted by atomic mass is 10.1. The maximum absolute atomic E-state index is 12.7. The van der Waals surface area contributed by atoms with E-state index in [9.17, 15) is 4.79 Å². The molecular formula is C19H20ClNO2. The maximum atomic E-state index is 12.7. The summed E-state index contributed by atoms with van der Waals surface area (Å²) in [5, 5.41) is 0.669. The van der Waals surface area contributed by atoms with Crippen LogP contribution in [0.1, 0.15) is 37.0 Å². The Hall–Kier alpha value is -2.00. The minimum Gasteiger partial charge on any atom is -0.467 e. The van der Waals surface area contributed by atoms with Gasteiger partial charge in [-0.25, -0.2) is 0 Å². The quantitative estimate of drug-likeness (QED) is 0.730. The first-order chi connectivity index (χ1) is 11.2. The van der Waals surface area contributed by atoms with Gasteiger partial charge >= 0.3 is 0 Å². The molecule has 1 aromatic carbocycles. The van der Waals surface area contributed by atoms with Crippen LogP contribution in [-0.4, -0.2) is 16.8 Å². The zero-order valence-corrected chi connectivity index (χ0v) is 13.7. The van der Waals surface area contributed by atoms with E-state index in [1.54, 1.807) is 12.3 Å². The van der Waals surface area contributed by atoms with Crippen LogP contribution in [0.15, 0.2) is 53.2 Å². The summed E-state index contributed by atoms with van der Waals surface area (Å²) in [5.41, 5.74) is 0.926. The number of hydrogen-bond acceptors (Lipinski definition) is 2. The van der Waals surface area contributed by atoms with Crippen LogP contribution in [0, 0.1) is 0 Å². The zero-order valence-electron chi connectivity index (χ0n) is 13.0. The van der Waals surface area contributed by atoms with Crippen molar-refractivity contribution in [2.24, 2.45) is 0 Å². The molecule has 2 aromatic rings. The molecule has 0 saturated heterocycles. The van der Waals surface area contributed by atoms with E-state index >= 15 is 0 Å². The second-order valence-electron chi connectivity index (χ2n) is 5.87. The summed E-state index contributed by atoms with van der Waals surface area (Å²) in [7, 11) is 0. The van der Waals surface area contributed by atoms with Crippen LogP contribution in [0.2, 0.25) is 5.02 Å². The third-order valence-corrected chi connectivity index (χ3v) is 4.46. The molecule has 3 rings (SSSR count). The van der Waals surface area contributed by atoms with E-state index in [4.69, 9.17) is 16.0 Å². The monoisotopic (exact) mass is 329 g/mol. The number of nitrogens with zero attached hydrogens (tertiary/aromatic N) is 1. The fourth-order valence-electron chi connectivity index (χ4n) is 3.05. The predicted octanol–water partition coefficient (Wildman–Crippen LogP) is 4.92. The van der Waals surface area contributed by atoms with Crippen LogP contribution in [0.3, 0.4) is 0 Å². The Morgan fingerprint density at radius 2 is 2.09 bits per heavy atom. The molecule has 3 nitrogen and oxygen atoms in total. The van der Waals surface area contributed by atoms with E-state index in [1.807, 2.05) is 47.4 Å². The SMILES string of the molecule is O=C(C=Cc1cccc(Cl)c1)N(Cc1ccco1)C1CCCC1. The Bertz CT molecular complexity index is 672. The molecule has 120 valence electrons. The minimum atomic E-state index is 0.0216. The van der Waals surface area contributed by atoms with Gasteiger partial charge in [0.1, 0.15) is 5.76 Å². The van der Waals surface area contributed by atoms with Gasteiger partial charge in [-0.1, -0.05) is 36.6 Å². The van der Waals surface area contributed by atoms with Gasteiger partial charge < -0.3 is 9.32 Å². The number of furan rings is 1. The summed E-state index contributed by atoms with van der Waals surface area (Å²) < 4.78 is 5.42. The topological polar surface area (TPSA) is 33.5 Å². The molecule has 0 spiro atoms. The van der Waals surface area contributed by atoms with Crippen molar-refractivity contribution in [2.45, 2.75) is 38.3 Å². The van der Waals surface area contributed by atoms with Crippen LogP contribution in [0.4, 0.5) is 0 Å². The number of carbonyl (C=O) groups excluding carboxylic acids is 1. The molecule has 4 heteroatoms. The molecule has 1 saturated carbocycles. The standard InChI is InChI=1S/C19H20ClNO2/c20-16-6-3-5-15(13-16)10-11-19(22)21(17-7-1-2-8-17)14-18-9-4-12-23-18/h3-6,9-13,17H,1-2,7-8,14H2. The lowest BCUT2D eigenvalue weighted by molar-refractivity contribution is -0.129. The molecule has 0 unspecified atom stereocenters. The normalized spacial score (nSPS) is 15.3. The average molecular weight is 330 g/mol. The second kappa shape index (κ2) is 7.51. The highest BCUT2D eigenvalue weighted by molar-refractivity contribution is 6.30. The number of halogens is 1. The fourth-order valence-corrected chi connectivity index (χ4v) is 3.25. The van der Waals surface area contributed by atoms with Crippen molar-refractivity contribution in [3.05, 3.63) is 65.1 Å². The molecule has 0 radical (unpaired) electrons. The van der Waals surface area contributed by atoms with Gasteiger partial charge in [-0.3, -0.25) is 4.79 Å². The number of hydrogen-bond donors (Lipinski definition) is 0. The Morgan fingerprint density at radius 3 is 2.78 bits per heavy atom. The minimum absolute atomic E-state index is 0.0216. The first kappa shape index (κ1) is 15.9. The Labute approximate surface area is 141 Å². The number of carbonyl (C=O) groups is 1. The van der Waals surface area contributed by atoms with E-state index < -0.39 is 0 Å². The molecule has 1 aliphatic carbocycles. The van der Waals surface area contributed by atoms with Crippen molar-refractivity contribution in [3.8, 4) is 0 Å². The highest BCUT2D eigenvalue weighted by atomic mass is 35.5. The second-order valence-corrected chi connectivity index (χ2v) is 6.31. The molecular weight excluding hydrogens is 310 g/mol. The van der Waals surface area contributed by atoms with Crippen molar-refractivity contribution in [1.82, 2.24) is 4.90 Å². The van der Waals surface area contributed by atoms with Gasteiger partial charge in [-0.15, -0.1) is 0 Å². The van der Waals surface area contributed by atoms with Gasteiger partial charge in [-0.2, -0.15) is 0 Å². The van der Waals surface area contributed by atoms with E-state index in [0.29, 0.717) is 17.6 Å². The van der Waals surface area contributed by atoms with Crippen molar-refractivity contribution in [2.75, 3.05) is 0 Å². The van der Waals surface area contributed by atoms with Crippen molar-refractivity contribution >= 4 is 23.6 Å². The van der Waals surface area contributed by atoms with E-state index in [0.717, 1.165) is 24.2 Å². The molecule has 1 heterocycles. The first-order valence-corrected chi connectivity index (χ1v) is 8.37. The zero-order chi connectivity index (χ0) is 16.1. The Morgan fingerprint density at radius 1 is 1.26 bits per heavy atom. The predicted molar refractivity (Wildman–Crippen MR) is 92.0 cm³/mol. The summed E-state index contributed by atoms with van der Waals surface area (Å²) in [6.45, 7) is 0.524. The smallest absolute Gasteiger partial charge is 0.247 e. The van der Waals surface area contributed by atoms with Gasteiger partial charge in [0.05, 0.1) is 12.8 Å². The molecule has 0 aliphatic heterocycles. The average Bonchev–Trinajstić information content (AvgIpc) is 3.23. The molecule has 1 aliphatic rings. The van der Waals surface area contributed by atoms with Gasteiger partial charge in [0.15, 0.2) is 0 Å². The van der Waals surface area contributed by atoms with E-state index in [1.165, 1.54) is 12.8 Å². The first-order valence-electron chi connectivity index (χ1n) is 7.99. The van der Waals surface area contributed by atoms with Gasteiger partial charge in [0.2, 0.25) is 5.91 Å². The Kier molecular flexibility index (Phi) is 5.19. The van der Waals surface area contributed by atoms with Crippen molar-refractivity contribution in [3.63, 3.8) is 0 Å². The van der Waals surface area contributed by atoms with Crippen LogP contribution in [0.25, 0.3) is 6.08 Å². The van der Waals surface area contributed by atoms with Crippen LogP contribution in [-0.2, 0) is 11.3 Å². The summed E-state index contributed by atoms with van der Waals surface area (Å²) in [6.07, 6.45) is 9.60. The molecule has 1 aromatic heterocycles. The number of benzene rings is 1. The molecule has 1 amide bonds. The maximum Gasteiger partial charge on any atom is 0.247 e. The van der Waals surface area contributed by atoms with Gasteiger partial charge in [0.25, 0.3) is 0 Å². The molecule has 0 atom stereocenters. The summed E-state index contributed by atoms with van der Waals surface area (Å²) in [4.78, 5) is 14.6. The summed E-state index contributed by atoms with van der Waals surface area (Å²) in [6, 6.07) is 11.5. The third kappa shape index (κ3) is 4.26. The van der Waals surface area contributed by atoms with E-state index in [-0.39, 0.29) is 5.91 Å². The van der Waals surface area contributed by atoms with Gasteiger partial charge in [-0.05, 0) is 48.7 Å². The highest BCUT2D eigenvalue weighted by Gasteiger charge is 2.26. The van der Waals surface area contributed by atoms with Crippen molar-refractivity contribution in [1.29, 1.82) is 0 Å². The largest absolute Gasteiger partial charge is 0.467 e. The number of rotatable bonds is 5. The Balaban J connectivity index is 1.74. The van der Waals surface area contributed by atoms with E-state index in [2.05, 4.69) is 0 Å². The molecule has 0 bridgehead atoms. The highest BCUT2D eigenvalue weighted by Crippen LogP contribution is 2.25. The van der Waals surface area contributed by atoms with Gasteiger partial charge in [0, 0.05) is 17.1 Å². The number of amides is 1. The van der Waals surface area contributed by atoms with Crippen molar-refractivity contribution < 1.29 is 9.21 Å².